The van der Waals surface area contributed by atoms with E-state index >= 15 is 0 Å². The molecule has 0 aliphatic heterocycles. The van der Waals surface area contributed by atoms with Gasteiger partial charge in [0.25, 0.3) is 10.0 Å². The lowest BCUT2D eigenvalue weighted by atomic mass is 10.3. The number of nitrogens with zero attached hydrogens (tertiary/aromatic N) is 3. The van der Waals surface area contributed by atoms with Crippen molar-refractivity contribution in [1.82, 2.24) is 13.7 Å². The molecule has 7 nitrogen and oxygen atoms in total. The number of fused-ring (bicyclic) bond motifs is 1. The number of sulfonamides is 1. The maximum Gasteiger partial charge on any atom is 0.263 e. The zero-order valence-corrected chi connectivity index (χ0v) is 13.9. The van der Waals surface area contributed by atoms with Crippen molar-refractivity contribution in [3.8, 4) is 0 Å². The van der Waals surface area contributed by atoms with E-state index in [1.54, 1.807) is 23.0 Å². The average molecular weight is 332 g/mol. The van der Waals surface area contributed by atoms with E-state index in [1.165, 1.54) is 15.6 Å². The van der Waals surface area contributed by atoms with Gasteiger partial charge in [-0.05, 0) is 20.3 Å². The number of aromatic nitrogens is 2. The van der Waals surface area contributed by atoms with E-state index in [0.717, 1.165) is 0 Å². The zero-order valence-electron chi connectivity index (χ0n) is 12.3. The van der Waals surface area contributed by atoms with Crippen molar-refractivity contribution in [2.45, 2.75) is 31.3 Å². The van der Waals surface area contributed by atoms with Gasteiger partial charge >= 0.3 is 0 Å². The third-order valence-corrected chi connectivity index (χ3v) is 5.98. The summed E-state index contributed by atoms with van der Waals surface area (Å²) in [7, 11) is -2.05. The number of aliphatic hydroxyl groups is 1. The molecule has 2 aromatic rings. The van der Waals surface area contributed by atoms with Crippen molar-refractivity contribution in [3.05, 3.63) is 11.6 Å². The third-order valence-electron chi connectivity index (χ3n) is 3.12. The first-order valence-electron chi connectivity index (χ1n) is 6.69. The van der Waals surface area contributed by atoms with Crippen LogP contribution in [0.25, 0.3) is 4.96 Å². The lowest BCUT2D eigenvalue weighted by Gasteiger charge is -2.25. The second kappa shape index (κ2) is 6.30. The lowest BCUT2D eigenvalue weighted by molar-refractivity contribution is 0.258. The summed E-state index contributed by atoms with van der Waals surface area (Å²) in [6, 6.07) is -0.199. The van der Waals surface area contributed by atoms with Gasteiger partial charge in [0.2, 0.25) is 0 Å². The Balaban J connectivity index is 2.55. The SMILES string of the molecule is CNc1nc2sccn2c1S(=O)(=O)N(CCCO)C(C)C. The summed E-state index contributed by atoms with van der Waals surface area (Å²) in [5.41, 5.74) is 0. The highest BCUT2D eigenvalue weighted by atomic mass is 32.2. The Bertz CT molecular complexity index is 705. The Morgan fingerprint density at radius 3 is 2.81 bits per heavy atom. The number of aliphatic hydroxyl groups excluding tert-OH is 1. The van der Waals surface area contributed by atoms with Crippen LogP contribution in [0.2, 0.25) is 0 Å². The molecule has 2 N–H and O–H groups in total. The molecule has 9 heteroatoms. The summed E-state index contributed by atoms with van der Waals surface area (Å²) in [4.78, 5) is 4.92. The smallest absolute Gasteiger partial charge is 0.263 e. The van der Waals surface area contributed by atoms with Gasteiger partial charge in [-0.2, -0.15) is 4.31 Å². The highest BCUT2D eigenvalue weighted by Gasteiger charge is 2.33. The third kappa shape index (κ3) is 2.91. The molecule has 2 heterocycles. The molecule has 0 fully saturated rings. The fourth-order valence-electron chi connectivity index (χ4n) is 2.17. The van der Waals surface area contributed by atoms with E-state index in [1.807, 2.05) is 13.8 Å². The normalized spacial score (nSPS) is 12.7. The minimum Gasteiger partial charge on any atom is -0.396 e. The van der Waals surface area contributed by atoms with Crippen LogP contribution in [0.3, 0.4) is 0 Å². The molecule has 0 spiro atoms. The van der Waals surface area contributed by atoms with Gasteiger partial charge in [-0.1, -0.05) is 0 Å². The fourth-order valence-corrected chi connectivity index (χ4v) is 4.87. The fraction of sp³-hybridized carbons (Fsp3) is 0.583. The monoisotopic (exact) mass is 332 g/mol. The molecule has 2 aromatic heterocycles. The average Bonchev–Trinajstić information content (AvgIpc) is 2.97. The van der Waals surface area contributed by atoms with Gasteiger partial charge in [0, 0.05) is 37.8 Å². The van der Waals surface area contributed by atoms with Gasteiger partial charge in [0.05, 0.1) is 0 Å². The van der Waals surface area contributed by atoms with Gasteiger partial charge in [0.1, 0.15) is 0 Å². The summed E-state index contributed by atoms with van der Waals surface area (Å²) in [5.74, 6) is 0.344. The Kier molecular flexibility index (Phi) is 4.87. The van der Waals surface area contributed by atoms with Crippen molar-refractivity contribution >= 4 is 32.1 Å². The zero-order chi connectivity index (χ0) is 15.6. The summed E-state index contributed by atoms with van der Waals surface area (Å²) in [5, 5.41) is 13.8. The lowest BCUT2D eigenvalue weighted by Crippen LogP contribution is -2.38. The molecule has 0 aliphatic rings. The Hall–Kier alpha value is -1.16. The van der Waals surface area contributed by atoms with E-state index in [0.29, 0.717) is 17.2 Å². The van der Waals surface area contributed by atoms with Crippen LogP contribution in [0.5, 0.6) is 0 Å². The molecule has 0 unspecified atom stereocenters. The van der Waals surface area contributed by atoms with Crippen LogP contribution in [0.1, 0.15) is 20.3 Å². The number of thiazole rings is 1. The molecule has 0 saturated heterocycles. The van der Waals surface area contributed by atoms with Gasteiger partial charge < -0.3 is 10.4 Å². The molecular weight excluding hydrogens is 312 g/mol. The van der Waals surface area contributed by atoms with Gasteiger partial charge in [-0.15, -0.1) is 11.3 Å². The van der Waals surface area contributed by atoms with Crippen molar-refractivity contribution in [3.63, 3.8) is 0 Å². The minimum absolute atomic E-state index is 0.0438. The number of imidazole rings is 1. The maximum absolute atomic E-state index is 13.0. The summed E-state index contributed by atoms with van der Waals surface area (Å²) in [6.07, 6.45) is 2.10. The van der Waals surface area contributed by atoms with E-state index in [-0.39, 0.29) is 24.2 Å². The second-order valence-corrected chi connectivity index (χ2v) is 7.54. The largest absolute Gasteiger partial charge is 0.396 e. The van der Waals surface area contributed by atoms with E-state index in [4.69, 9.17) is 5.11 Å². The van der Waals surface area contributed by atoms with Crippen molar-refractivity contribution in [2.75, 3.05) is 25.5 Å². The molecule has 0 atom stereocenters. The Morgan fingerprint density at radius 2 is 2.24 bits per heavy atom. The highest BCUT2D eigenvalue weighted by molar-refractivity contribution is 7.89. The van der Waals surface area contributed by atoms with E-state index < -0.39 is 10.0 Å². The maximum atomic E-state index is 13.0. The first kappa shape index (κ1) is 16.2. The molecule has 0 saturated carbocycles. The van der Waals surface area contributed by atoms with Crippen LogP contribution in [-0.2, 0) is 10.0 Å². The van der Waals surface area contributed by atoms with Gasteiger partial charge in [-0.25, -0.2) is 13.4 Å². The molecule has 0 bridgehead atoms. The van der Waals surface area contributed by atoms with Crippen LogP contribution >= 0.6 is 11.3 Å². The second-order valence-electron chi connectivity index (χ2n) is 4.86. The van der Waals surface area contributed by atoms with Crippen molar-refractivity contribution in [2.24, 2.45) is 0 Å². The number of nitrogens with one attached hydrogen (secondary N) is 1. The molecule has 21 heavy (non-hydrogen) atoms. The molecule has 118 valence electrons. The molecule has 0 aliphatic carbocycles. The number of rotatable bonds is 7. The van der Waals surface area contributed by atoms with E-state index in [9.17, 15) is 8.42 Å². The molecule has 0 radical (unpaired) electrons. The predicted molar refractivity (Wildman–Crippen MR) is 83.3 cm³/mol. The number of anilines is 1. The molecular formula is C12H20N4O3S2. The van der Waals surface area contributed by atoms with Crippen LogP contribution < -0.4 is 5.32 Å². The standard InChI is InChI=1S/C12H20N4O3S2/c1-9(2)16(5-4-7-17)21(18,19)11-10(13-3)14-12-15(11)6-8-20-12/h6,8-9,13,17H,4-5,7H2,1-3H3. The van der Waals surface area contributed by atoms with Crippen LogP contribution in [-0.4, -0.2) is 53.5 Å². The van der Waals surface area contributed by atoms with Gasteiger partial charge in [-0.3, -0.25) is 4.40 Å². The summed E-state index contributed by atoms with van der Waals surface area (Å²) < 4.78 is 28.9. The van der Waals surface area contributed by atoms with E-state index in [2.05, 4.69) is 10.3 Å². The van der Waals surface area contributed by atoms with Crippen LogP contribution in [0.4, 0.5) is 5.82 Å². The quantitative estimate of drug-likeness (QED) is 0.796. The minimum atomic E-state index is -3.70. The van der Waals surface area contributed by atoms with Crippen molar-refractivity contribution in [1.29, 1.82) is 0 Å². The first-order valence-corrected chi connectivity index (χ1v) is 9.01. The van der Waals surface area contributed by atoms with Gasteiger partial charge in [0.15, 0.2) is 15.8 Å². The Labute approximate surface area is 128 Å². The number of hydrogen-bond acceptors (Lipinski definition) is 6. The molecule has 0 aromatic carbocycles. The predicted octanol–water partition coefficient (Wildman–Crippen LogP) is 1.22. The molecule has 0 amide bonds. The Morgan fingerprint density at radius 1 is 1.52 bits per heavy atom. The van der Waals surface area contributed by atoms with Crippen LogP contribution in [0.15, 0.2) is 16.6 Å². The highest BCUT2D eigenvalue weighted by Crippen LogP contribution is 2.29. The van der Waals surface area contributed by atoms with Crippen LogP contribution in [0, 0.1) is 0 Å². The summed E-state index contributed by atoms with van der Waals surface area (Å²) in [6.45, 7) is 3.87. The summed E-state index contributed by atoms with van der Waals surface area (Å²) >= 11 is 1.38. The number of hydrogen-bond donors (Lipinski definition) is 2. The van der Waals surface area contributed by atoms with Crippen molar-refractivity contribution < 1.29 is 13.5 Å². The first-order chi connectivity index (χ1) is 9.93. The molecule has 2 rings (SSSR count). The topological polar surface area (TPSA) is 86.9 Å².